The van der Waals surface area contributed by atoms with Crippen molar-refractivity contribution in [2.75, 3.05) is 20.3 Å². The molecule has 0 saturated carbocycles. The minimum Gasteiger partial charge on any atom is -0.382 e. The molecule has 1 fully saturated rings. The second-order valence-electron chi connectivity index (χ2n) is 8.05. The first kappa shape index (κ1) is 20.6. The van der Waals surface area contributed by atoms with Gasteiger partial charge in [0, 0.05) is 38.1 Å². The summed E-state index contributed by atoms with van der Waals surface area (Å²) in [5.41, 5.74) is 2.92. The number of likely N-dealkylation sites (tertiary alicyclic amines) is 1. The SMILES string of the molecule is CCCC1(COC)CCCN1C(=O)CCc1c(C)c2c(C)nn(C)c2[nH]c1=O. The Morgan fingerprint density at radius 2 is 2.11 bits per heavy atom. The number of hydrogen-bond acceptors (Lipinski definition) is 4. The number of H-pyrrole nitrogens is 1. The Balaban J connectivity index is 1.83. The molecule has 3 rings (SSSR count). The summed E-state index contributed by atoms with van der Waals surface area (Å²) in [6.07, 6.45) is 4.74. The Labute approximate surface area is 166 Å². The third-order valence-corrected chi connectivity index (χ3v) is 6.17. The van der Waals surface area contributed by atoms with Gasteiger partial charge in [-0.15, -0.1) is 0 Å². The van der Waals surface area contributed by atoms with Gasteiger partial charge >= 0.3 is 0 Å². The number of amides is 1. The molecule has 0 radical (unpaired) electrons. The standard InChI is InChI=1S/C21H32N4O3/c1-6-10-21(13-28-5)11-7-12-25(21)17(26)9-8-16-14(2)18-15(3)23-24(4)19(18)22-20(16)27/h6-13H2,1-5H3,(H,22,27). The van der Waals surface area contributed by atoms with Gasteiger partial charge in [-0.3, -0.25) is 14.3 Å². The van der Waals surface area contributed by atoms with Crippen LogP contribution in [0.25, 0.3) is 11.0 Å². The maximum Gasteiger partial charge on any atom is 0.253 e. The molecular formula is C21H32N4O3. The van der Waals surface area contributed by atoms with Gasteiger partial charge in [-0.05, 0) is 45.1 Å². The lowest BCUT2D eigenvalue weighted by atomic mass is 9.91. The van der Waals surface area contributed by atoms with Crippen molar-refractivity contribution in [3.63, 3.8) is 0 Å². The Kier molecular flexibility index (Phi) is 5.93. The molecule has 1 atom stereocenters. The van der Waals surface area contributed by atoms with Crippen molar-refractivity contribution in [1.82, 2.24) is 19.7 Å². The first-order valence-electron chi connectivity index (χ1n) is 10.2. The van der Waals surface area contributed by atoms with Crippen LogP contribution in [0.1, 0.15) is 55.8 Å². The monoisotopic (exact) mass is 388 g/mol. The van der Waals surface area contributed by atoms with Gasteiger partial charge in [0.2, 0.25) is 5.91 Å². The quantitative estimate of drug-likeness (QED) is 0.791. The molecule has 0 aromatic carbocycles. The van der Waals surface area contributed by atoms with Crippen molar-refractivity contribution in [3.8, 4) is 0 Å². The Morgan fingerprint density at radius 1 is 1.36 bits per heavy atom. The zero-order valence-electron chi connectivity index (χ0n) is 17.7. The van der Waals surface area contributed by atoms with E-state index < -0.39 is 0 Å². The van der Waals surface area contributed by atoms with Crippen molar-refractivity contribution >= 4 is 16.9 Å². The summed E-state index contributed by atoms with van der Waals surface area (Å²) in [4.78, 5) is 30.7. The number of aryl methyl sites for hydroxylation is 3. The largest absolute Gasteiger partial charge is 0.382 e. The molecule has 154 valence electrons. The summed E-state index contributed by atoms with van der Waals surface area (Å²) in [7, 11) is 3.52. The maximum atomic E-state index is 13.1. The number of ether oxygens (including phenoxy) is 1. The molecule has 2 aromatic rings. The summed E-state index contributed by atoms with van der Waals surface area (Å²) in [5.74, 6) is 0.116. The van der Waals surface area contributed by atoms with Crippen LogP contribution in [0.2, 0.25) is 0 Å². The molecule has 3 heterocycles. The van der Waals surface area contributed by atoms with Gasteiger partial charge in [-0.1, -0.05) is 13.3 Å². The van der Waals surface area contributed by atoms with E-state index in [1.165, 1.54) is 0 Å². The Bertz CT molecular complexity index is 922. The minimum absolute atomic E-state index is 0.116. The summed E-state index contributed by atoms with van der Waals surface area (Å²) in [5, 5.41) is 5.39. The van der Waals surface area contributed by atoms with Crippen LogP contribution in [0.5, 0.6) is 0 Å². The summed E-state index contributed by atoms with van der Waals surface area (Å²) in [6.45, 7) is 7.39. The van der Waals surface area contributed by atoms with Crippen molar-refractivity contribution < 1.29 is 9.53 Å². The van der Waals surface area contributed by atoms with Crippen molar-refractivity contribution in [2.24, 2.45) is 7.05 Å². The summed E-state index contributed by atoms with van der Waals surface area (Å²) < 4.78 is 7.17. The zero-order valence-corrected chi connectivity index (χ0v) is 17.7. The molecule has 1 saturated heterocycles. The second kappa shape index (κ2) is 8.07. The van der Waals surface area contributed by atoms with Gasteiger partial charge in [-0.25, -0.2) is 0 Å². The fourth-order valence-electron chi connectivity index (χ4n) is 4.97. The van der Waals surface area contributed by atoms with E-state index in [1.807, 2.05) is 25.8 Å². The predicted octanol–water partition coefficient (Wildman–Crippen LogP) is 2.62. The van der Waals surface area contributed by atoms with Gasteiger partial charge in [-0.2, -0.15) is 5.10 Å². The van der Waals surface area contributed by atoms with E-state index in [2.05, 4.69) is 17.0 Å². The Morgan fingerprint density at radius 3 is 2.79 bits per heavy atom. The molecule has 0 aliphatic carbocycles. The fourth-order valence-corrected chi connectivity index (χ4v) is 4.97. The number of aromatic nitrogens is 3. The second-order valence-corrected chi connectivity index (χ2v) is 8.05. The number of rotatable bonds is 7. The third-order valence-electron chi connectivity index (χ3n) is 6.17. The predicted molar refractivity (Wildman–Crippen MR) is 110 cm³/mol. The number of hydrogen-bond donors (Lipinski definition) is 1. The number of pyridine rings is 1. The van der Waals surface area contributed by atoms with Gasteiger partial charge in [0.15, 0.2) is 0 Å². The van der Waals surface area contributed by atoms with Crippen LogP contribution >= 0.6 is 0 Å². The van der Waals surface area contributed by atoms with E-state index in [0.717, 1.165) is 54.5 Å². The normalized spacial score (nSPS) is 19.7. The van der Waals surface area contributed by atoms with Crippen molar-refractivity contribution in [1.29, 1.82) is 0 Å². The zero-order chi connectivity index (χ0) is 20.5. The van der Waals surface area contributed by atoms with Crippen LogP contribution in [-0.4, -0.2) is 51.4 Å². The lowest BCUT2D eigenvalue weighted by Gasteiger charge is -2.38. The van der Waals surface area contributed by atoms with Crippen LogP contribution in [0.3, 0.4) is 0 Å². The molecule has 7 nitrogen and oxygen atoms in total. The van der Waals surface area contributed by atoms with Gasteiger partial charge in [0.05, 0.1) is 17.8 Å². The van der Waals surface area contributed by atoms with Crippen LogP contribution in [0, 0.1) is 13.8 Å². The molecule has 1 N–H and O–H groups in total. The van der Waals surface area contributed by atoms with E-state index in [9.17, 15) is 9.59 Å². The van der Waals surface area contributed by atoms with E-state index in [0.29, 0.717) is 25.0 Å². The number of nitrogens with one attached hydrogen (secondary N) is 1. The van der Waals surface area contributed by atoms with Crippen LogP contribution in [0.4, 0.5) is 0 Å². The first-order valence-corrected chi connectivity index (χ1v) is 10.2. The fraction of sp³-hybridized carbons (Fsp3) is 0.667. The third kappa shape index (κ3) is 3.48. The highest BCUT2D eigenvalue weighted by Crippen LogP contribution is 2.34. The average Bonchev–Trinajstić information content (AvgIpc) is 3.16. The smallest absolute Gasteiger partial charge is 0.253 e. The van der Waals surface area contributed by atoms with Crippen LogP contribution < -0.4 is 5.56 Å². The van der Waals surface area contributed by atoms with E-state index in [1.54, 1.807) is 11.8 Å². The van der Waals surface area contributed by atoms with E-state index >= 15 is 0 Å². The number of carbonyl (C=O) groups is 1. The summed E-state index contributed by atoms with van der Waals surface area (Å²) in [6, 6.07) is 0. The average molecular weight is 389 g/mol. The molecule has 0 spiro atoms. The van der Waals surface area contributed by atoms with Crippen molar-refractivity contribution in [2.45, 2.75) is 64.8 Å². The molecule has 1 aliphatic rings. The first-order chi connectivity index (χ1) is 13.3. The molecule has 1 amide bonds. The van der Waals surface area contributed by atoms with Gasteiger partial charge in [0.1, 0.15) is 5.65 Å². The minimum atomic E-state index is -0.189. The lowest BCUT2D eigenvalue weighted by Crippen LogP contribution is -2.50. The molecule has 1 aliphatic heterocycles. The highest BCUT2D eigenvalue weighted by atomic mass is 16.5. The van der Waals surface area contributed by atoms with Crippen LogP contribution in [-0.2, 0) is 23.0 Å². The number of carbonyl (C=O) groups excluding carboxylic acids is 1. The van der Waals surface area contributed by atoms with Gasteiger partial charge in [0.25, 0.3) is 5.56 Å². The molecule has 2 aromatic heterocycles. The lowest BCUT2D eigenvalue weighted by molar-refractivity contribution is -0.137. The number of aromatic amines is 1. The topological polar surface area (TPSA) is 80.2 Å². The van der Waals surface area contributed by atoms with E-state index in [4.69, 9.17) is 4.74 Å². The number of fused-ring (bicyclic) bond motifs is 1. The molecule has 1 unspecified atom stereocenters. The molecule has 28 heavy (non-hydrogen) atoms. The summed E-state index contributed by atoms with van der Waals surface area (Å²) >= 11 is 0. The number of methoxy groups -OCH3 is 1. The van der Waals surface area contributed by atoms with Crippen LogP contribution in [0.15, 0.2) is 4.79 Å². The highest BCUT2D eigenvalue weighted by Gasteiger charge is 2.42. The Hall–Kier alpha value is -2.15. The molecule has 0 bridgehead atoms. The van der Waals surface area contributed by atoms with Crippen molar-refractivity contribution in [3.05, 3.63) is 27.2 Å². The highest BCUT2D eigenvalue weighted by molar-refractivity contribution is 5.83. The molecule has 7 heteroatoms. The molecular weight excluding hydrogens is 356 g/mol. The maximum absolute atomic E-state index is 13.1. The number of nitrogens with zero attached hydrogens (tertiary/aromatic N) is 3. The van der Waals surface area contributed by atoms with E-state index in [-0.39, 0.29) is 17.0 Å². The van der Waals surface area contributed by atoms with Gasteiger partial charge < -0.3 is 14.6 Å².